The molecule has 5 heterocycles. The van der Waals surface area contributed by atoms with Gasteiger partial charge >= 0.3 is 0 Å². The van der Waals surface area contributed by atoms with Crippen molar-refractivity contribution in [1.29, 1.82) is 0 Å². The minimum atomic E-state index is 0.104. The molecule has 1 aliphatic heterocycles. The second-order valence-electron chi connectivity index (χ2n) is 8.40. The fourth-order valence-corrected chi connectivity index (χ4v) is 4.43. The first-order valence-electron chi connectivity index (χ1n) is 11.2. The van der Waals surface area contributed by atoms with Gasteiger partial charge in [0.1, 0.15) is 5.82 Å². The highest BCUT2D eigenvalue weighted by Gasteiger charge is 2.20. The number of fused-ring (bicyclic) bond motifs is 1. The van der Waals surface area contributed by atoms with Crippen molar-refractivity contribution in [3.63, 3.8) is 0 Å². The molecule has 0 spiro atoms. The molecule has 1 aliphatic rings. The number of aliphatic hydroxyl groups excluding tert-OH is 1. The molecule has 9 nitrogen and oxygen atoms in total. The number of nitrogens with zero attached hydrogens (tertiary/aromatic N) is 5. The number of hydrogen-bond donors (Lipinski definition) is 2. The third-order valence-corrected chi connectivity index (χ3v) is 6.28. The Morgan fingerprint density at radius 3 is 2.71 bits per heavy atom. The summed E-state index contributed by atoms with van der Waals surface area (Å²) >= 11 is 0. The van der Waals surface area contributed by atoms with E-state index in [2.05, 4.69) is 14.9 Å². The molecule has 1 atom stereocenters. The molecule has 1 saturated heterocycles. The zero-order chi connectivity index (χ0) is 23.7. The van der Waals surface area contributed by atoms with E-state index < -0.39 is 0 Å². The number of hydrogen-bond acceptors (Lipinski definition) is 8. The fourth-order valence-electron chi connectivity index (χ4n) is 4.43. The van der Waals surface area contributed by atoms with Crippen LogP contribution in [-0.2, 0) is 0 Å². The molecule has 9 heteroatoms. The molecule has 4 aromatic rings. The van der Waals surface area contributed by atoms with Crippen LogP contribution in [0.15, 0.2) is 48.9 Å². The third kappa shape index (κ3) is 3.99. The molecule has 0 aliphatic carbocycles. The fraction of sp³-hybridized carbons (Fsp3) is 0.320. The Morgan fingerprint density at radius 1 is 1.09 bits per heavy atom. The summed E-state index contributed by atoms with van der Waals surface area (Å²) in [6, 6.07) is 9.38. The standard InChI is InChI=1S/C25H27N5O4/c1-33-22-10-17(11-27-24(22)34-2)20-7-6-19-21(28-20)14-30(25(19)32)18-5-8-23(26-12-18)29-9-3-4-16(13-29)15-31/h5-8,10-12,14,16,31-32H,3-4,9,13,15H2,1-2H3. The van der Waals surface area contributed by atoms with Gasteiger partial charge in [0.05, 0.1) is 42.7 Å². The lowest BCUT2D eigenvalue weighted by atomic mass is 9.99. The van der Waals surface area contributed by atoms with Crippen LogP contribution in [0.2, 0.25) is 0 Å². The van der Waals surface area contributed by atoms with E-state index in [1.165, 1.54) is 0 Å². The molecular formula is C25H27N5O4. The van der Waals surface area contributed by atoms with Crippen LogP contribution in [0.1, 0.15) is 12.8 Å². The van der Waals surface area contributed by atoms with Crippen LogP contribution < -0.4 is 14.4 Å². The lowest BCUT2D eigenvalue weighted by Gasteiger charge is -2.32. The van der Waals surface area contributed by atoms with Crippen molar-refractivity contribution in [2.45, 2.75) is 12.8 Å². The van der Waals surface area contributed by atoms with Crippen LogP contribution in [0.5, 0.6) is 17.5 Å². The Kier molecular flexibility index (Phi) is 5.93. The summed E-state index contributed by atoms with van der Waals surface area (Å²) in [6.45, 7) is 1.94. The van der Waals surface area contributed by atoms with Crippen molar-refractivity contribution in [3.05, 3.63) is 48.9 Å². The van der Waals surface area contributed by atoms with Crippen molar-refractivity contribution in [2.75, 3.05) is 38.8 Å². The average molecular weight is 462 g/mol. The molecule has 0 aromatic carbocycles. The largest absolute Gasteiger partial charge is 0.494 e. The van der Waals surface area contributed by atoms with Gasteiger partial charge in [-0.1, -0.05) is 0 Å². The number of aromatic nitrogens is 4. The first kappa shape index (κ1) is 22.0. The van der Waals surface area contributed by atoms with E-state index in [0.29, 0.717) is 28.2 Å². The van der Waals surface area contributed by atoms with Gasteiger partial charge < -0.3 is 24.6 Å². The van der Waals surface area contributed by atoms with Gasteiger partial charge in [0.2, 0.25) is 5.88 Å². The van der Waals surface area contributed by atoms with Crippen LogP contribution in [0.25, 0.3) is 27.8 Å². The molecule has 4 aromatic heterocycles. The van der Waals surface area contributed by atoms with Crippen molar-refractivity contribution < 1.29 is 19.7 Å². The molecule has 1 fully saturated rings. The van der Waals surface area contributed by atoms with Crippen molar-refractivity contribution in [3.8, 4) is 34.5 Å². The van der Waals surface area contributed by atoms with Crippen LogP contribution in [0.3, 0.4) is 0 Å². The van der Waals surface area contributed by atoms with Crippen molar-refractivity contribution in [2.24, 2.45) is 5.92 Å². The first-order chi connectivity index (χ1) is 16.6. The zero-order valence-electron chi connectivity index (χ0n) is 19.2. The highest BCUT2D eigenvalue weighted by atomic mass is 16.5. The Morgan fingerprint density at radius 2 is 1.97 bits per heavy atom. The number of anilines is 1. The minimum Gasteiger partial charge on any atom is -0.494 e. The SMILES string of the molecule is COc1cc(-c2ccc3c(O)n(-c4ccc(N5CCCC(CO)C5)nc4)cc3n2)cnc1OC. The van der Waals surface area contributed by atoms with E-state index in [9.17, 15) is 10.2 Å². The number of rotatable bonds is 6. The maximum absolute atomic E-state index is 10.8. The van der Waals surface area contributed by atoms with Gasteiger partial charge in [0.15, 0.2) is 5.75 Å². The maximum Gasteiger partial charge on any atom is 0.256 e. The van der Waals surface area contributed by atoms with Gasteiger partial charge in [-0.15, -0.1) is 0 Å². The first-order valence-corrected chi connectivity index (χ1v) is 11.2. The predicted octanol–water partition coefficient (Wildman–Crippen LogP) is 3.41. The lowest BCUT2D eigenvalue weighted by Crippen LogP contribution is -2.37. The smallest absolute Gasteiger partial charge is 0.256 e. The third-order valence-electron chi connectivity index (χ3n) is 6.28. The molecule has 5 rings (SSSR count). The van der Waals surface area contributed by atoms with Crippen molar-refractivity contribution >= 4 is 16.7 Å². The van der Waals surface area contributed by atoms with E-state index >= 15 is 0 Å². The normalized spacial score (nSPS) is 16.1. The van der Waals surface area contributed by atoms with Gasteiger partial charge in [-0.25, -0.2) is 15.0 Å². The predicted molar refractivity (Wildman–Crippen MR) is 129 cm³/mol. The number of methoxy groups -OCH3 is 2. The van der Waals surface area contributed by atoms with Gasteiger partial charge in [-0.05, 0) is 49.1 Å². The molecule has 0 saturated carbocycles. The molecule has 0 bridgehead atoms. The lowest BCUT2D eigenvalue weighted by molar-refractivity contribution is 0.208. The monoisotopic (exact) mass is 461 g/mol. The average Bonchev–Trinajstić information content (AvgIpc) is 3.23. The summed E-state index contributed by atoms with van der Waals surface area (Å²) < 4.78 is 12.2. The Balaban J connectivity index is 1.44. The van der Waals surface area contributed by atoms with Gasteiger partial charge in [-0.3, -0.25) is 4.57 Å². The molecule has 2 N–H and O–H groups in total. The van der Waals surface area contributed by atoms with Crippen LogP contribution in [-0.4, -0.2) is 63.6 Å². The Bertz CT molecular complexity index is 1300. The van der Waals surface area contributed by atoms with E-state index in [4.69, 9.17) is 14.5 Å². The van der Waals surface area contributed by atoms with Gasteiger partial charge in [0.25, 0.3) is 5.88 Å². The van der Waals surface area contributed by atoms with E-state index in [0.717, 1.165) is 43.0 Å². The molecule has 0 radical (unpaired) electrons. The zero-order valence-corrected chi connectivity index (χ0v) is 19.2. The van der Waals surface area contributed by atoms with Gasteiger partial charge in [0, 0.05) is 37.7 Å². The number of piperidine rings is 1. The number of aromatic hydroxyl groups is 1. The number of aliphatic hydroxyl groups is 1. The molecule has 0 amide bonds. The Labute approximate surface area is 197 Å². The van der Waals surface area contributed by atoms with Crippen LogP contribution >= 0.6 is 0 Å². The number of pyridine rings is 3. The quantitative estimate of drug-likeness (QED) is 0.450. The molecule has 34 heavy (non-hydrogen) atoms. The summed E-state index contributed by atoms with van der Waals surface area (Å²) in [7, 11) is 3.10. The summed E-state index contributed by atoms with van der Waals surface area (Å²) in [6.07, 6.45) is 7.31. The highest BCUT2D eigenvalue weighted by Crippen LogP contribution is 2.33. The topological polar surface area (TPSA) is 106 Å². The minimum absolute atomic E-state index is 0.104. The maximum atomic E-state index is 10.8. The van der Waals surface area contributed by atoms with Crippen LogP contribution in [0, 0.1) is 5.92 Å². The second kappa shape index (κ2) is 9.18. The van der Waals surface area contributed by atoms with Crippen LogP contribution in [0.4, 0.5) is 5.82 Å². The van der Waals surface area contributed by atoms with E-state index in [1.54, 1.807) is 37.4 Å². The summed E-state index contributed by atoms with van der Waals surface area (Å²) in [5.41, 5.74) is 2.87. The molecule has 1 unspecified atom stereocenters. The molecule has 176 valence electrons. The summed E-state index contributed by atoms with van der Waals surface area (Å²) in [5, 5.41) is 21.0. The summed E-state index contributed by atoms with van der Waals surface area (Å²) in [5.74, 6) is 2.19. The van der Waals surface area contributed by atoms with Gasteiger partial charge in [-0.2, -0.15) is 0 Å². The van der Waals surface area contributed by atoms with E-state index in [1.807, 2.05) is 30.3 Å². The molecular weight excluding hydrogens is 434 g/mol. The summed E-state index contributed by atoms with van der Waals surface area (Å²) in [4.78, 5) is 15.8. The Hall–Kier alpha value is -3.85. The van der Waals surface area contributed by atoms with Crippen molar-refractivity contribution in [1.82, 2.24) is 19.5 Å². The van der Waals surface area contributed by atoms with E-state index in [-0.39, 0.29) is 18.4 Å². The highest BCUT2D eigenvalue weighted by molar-refractivity contribution is 5.87. The number of ether oxygens (including phenoxy) is 2. The second-order valence-corrected chi connectivity index (χ2v) is 8.40.